The second-order valence-electron chi connectivity index (χ2n) is 8.06. The van der Waals surface area contributed by atoms with Crippen molar-refractivity contribution < 1.29 is 13.2 Å². The number of terminal acetylenes is 1. The third kappa shape index (κ3) is 4.55. The summed E-state index contributed by atoms with van der Waals surface area (Å²) < 4.78 is 42.8. The summed E-state index contributed by atoms with van der Waals surface area (Å²) in [6.45, 7) is 2.85. The van der Waals surface area contributed by atoms with Crippen LogP contribution in [0.1, 0.15) is 54.1 Å². The van der Waals surface area contributed by atoms with Gasteiger partial charge in [-0.25, -0.2) is 0 Å². The van der Waals surface area contributed by atoms with Gasteiger partial charge in [-0.2, -0.15) is 13.2 Å². The molecule has 2 heterocycles. The molecule has 0 fully saturated rings. The molecule has 4 rings (SSSR count). The molecule has 2 aromatic carbocycles. The first-order valence-corrected chi connectivity index (χ1v) is 10.7. The third-order valence-corrected chi connectivity index (χ3v) is 5.54. The summed E-state index contributed by atoms with van der Waals surface area (Å²) in [4.78, 5) is 6.85. The Morgan fingerprint density at radius 2 is 1.88 bits per heavy atom. The summed E-state index contributed by atoms with van der Waals surface area (Å²) in [5.41, 5.74) is 1.52. The van der Waals surface area contributed by atoms with E-state index in [9.17, 15) is 13.2 Å². The molecule has 3 aromatic rings. The third-order valence-electron chi connectivity index (χ3n) is 5.54. The Morgan fingerprint density at radius 1 is 1.12 bits per heavy atom. The summed E-state index contributed by atoms with van der Waals surface area (Å²) >= 11 is 0. The van der Waals surface area contributed by atoms with Gasteiger partial charge < -0.3 is 0 Å². The van der Waals surface area contributed by atoms with Crippen molar-refractivity contribution in [2.45, 2.75) is 38.5 Å². The maximum atomic E-state index is 13.7. The fraction of sp³-hybridized carbons (Fsp3) is 0.320. The highest BCUT2D eigenvalue weighted by Crippen LogP contribution is 2.37. The smallest absolute Gasteiger partial charge is 0.288 e. The van der Waals surface area contributed by atoms with Gasteiger partial charge >= 0.3 is 6.18 Å². The van der Waals surface area contributed by atoms with Crippen LogP contribution < -0.4 is 0 Å². The summed E-state index contributed by atoms with van der Waals surface area (Å²) in [6, 6.07) is 12.7. The molecule has 0 aliphatic carbocycles. The zero-order valence-corrected chi connectivity index (χ0v) is 18.5. The topological polar surface area (TPSA) is 46.3 Å². The van der Waals surface area contributed by atoms with Crippen molar-refractivity contribution in [2.75, 3.05) is 13.6 Å². The minimum atomic E-state index is -4.47. The molecule has 0 saturated heterocycles. The zero-order chi connectivity index (χ0) is 23.6. The highest BCUT2D eigenvalue weighted by Gasteiger charge is 2.34. The fourth-order valence-corrected chi connectivity index (χ4v) is 4.04. The van der Waals surface area contributed by atoms with Crippen LogP contribution in [0.3, 0.4) is 0 Å². The lowest BCUT2D eigenvalue weighted by Gasteiger charge is -2.18. The van der Waals surface area contributed by atoms with E-state index in [-0.39, 0.29) is 6.04 Å². The van der Waals surface area contributed by atoms with E-state index in [2.05, 4.69) is 16.1 Å². The van der Waals surface area contributed by atoms with Gasteiger partial charge in [0, 0.05) is 11.1 Å². The molecule has 170 valence electrons. The monoisotopic (exact) mass is 451 g/mol. The van der Waals surface area contributed by atoms with Crippen LogP contribution in [0, 0.1) is 12.3 Å². The quantitative estimate of drug-likeness (QED) is 0.493. The van der Waals surface area contributed by atoms with E-state index in [1.807, 2.05) is 53.8 Å². The van der Waals surface area contributed by atoms with Crippen molar-refractivity contribution in [2.24, 2.45) is 4.99 Å². The Kier molecular flexibility index (Phi) is 6.34. The normalized spacial score (nSPS) is 15.4. The summed E-state index contributed by atoms with van der Waals surface area (Å²) in [7, 11) is 1.86. The van der Waals surface area contributed by atoms with Crippen LogP contribution in [-0.2, 0) is 12.7 Å². The number of nitrogens with zero attached hydrogens (tertiary/aromatic N) is 5. The van der Waals surface area contributed by atoms with Crippen molar-refractivity contribution in [3.05, 3.63) is 76.9 Å². The average molecular weight is 451 g/mol. The molecule has 5 nitrogen and oxygen atoms in total. The van der Waals surface area contributed by atoms with Gasteiger partial charge in [0.25, 0.3) is 0 Å². The van der Waals surface area contributed by atoms with E-state index in [0.717, 1.165) is 18.1 Å². The Hall–Kier alpha value is -3.44. The lowest BCUT2D eigenvalue weighted by Crippen LogP contribution is -2.21. The first-order valence-electron chi connectivity index (χ1n) is 10.7. The molecule has 8 heteroatoms. The van der Waals surface area contributed by atoms with Crippen LogP contribution in [-0.4, -0.2) is 39.0 Å². The number of halogens is 3. The fourth-order valence-electron chi connectivity index (χ4n) is 4.04. The van der Waals surface area contributed by atoms with Gasteiger partial charge in [-0.05, 0) is 31.7 Å². The number of benzene rings is 2. The molecular formula is C25H24F3N5. The summed E-state index contributed by atoms with van der Waals surface area (Å²) in [5.74, 6) is 3.82. The number of rotatable bonds is 6. The molecule has 0 amide bonds. The van der Waals surface area contributed by atoms with Crippen LogP contribution in [0.5, 0.6) is 0 Å². The molecule has 1 aliphatic heterocycles. The highest BCUT2D eigenvalue weighted by molar-refractivity contribution is 6.15. The van der Waals surface area contributed by atoms with Crippen LogP contribution in [0.25, 0.3) is 5.69 Å². The Balaban J connectivity index is 1.98. The van der Waals surface area contributed by atoms with Gasteiger partial charge in [-0.15, -0.1) is 16.6 Å². The summed E-state index contributed by atoms with van der Waals surface area (Å²) in [5, 5.41) is 8.81. The van der Waals surface area contributed by atoms with Gasteiger partial charge in [-0.3, -0.25) is 14.5 Å². The number of aromatic nitrogens is 3. The van der Waals surface area contributed by atoms with Gasteiger partial charge in [-0.1, -0.05) is 49.6 Å². The van der Waals surface area contributed by atoms with Crippen LogP contribution in [0.15, 0.2) is 53.5 Å². The van der Waals surface area contributed by atoms with Crippen molar-refractivity contribution in [3.63, 3.8) is 0 Å². The SMILES string of the molecule is C#CCN(C)Cc1nnc2n1-c1ccc(C(F)(F)F)cc1C(c1ccccc1)=NC2CCC. The van der Waals surface area contributed by atoms with Gasteiger partial charge in [0.1, 0.15) is 6.04 Å². The van der Waals surface area contributed by atoms with E-state index >= 15 is 0 Å². The van der Waals surface area contributed by atoms with E-state index < -0.39 is 11.7 Å². The van der Waals surface area contributed by atoms with Crippen molar-refractivity contribution in [3.8, 4) is 18.0 Å². The van der Waals surface area contributed by atoms with Crippen LogP contribution in [0.4, 0.5) is 13.2 Å². The van der Waals surface area contributed by atoms with Crippen molar-refractivity contribution in [1.29, 1.82) is 0 Å². The molecule has 0 bridgehead atoms. The second-order valence-corrected chi connectivity index (χ2v) is 8.06. The van der Waals surface area contributed by atoms with Gasteiger partial charge in [0.15, 0.2) is 11.6 Å². The average Bonchev–Trinajstić information content (AvgIpc) is 3.13. The molecule has 1 aliphatic rings. The first kappa shape index (κ1) is 22.7. The first-order chi connectivity index (χ1) is 15.8. The van der Waals surface area contributed by atoms with E-state index in [4.69, 9.17) is 11.4 Å². The molecule has 0 N–H and O–H groups in total. The highest BCUT2D eigenvalue weighted by atomic mass is 19.4. The number of hydrogen-bond donors (Lipinski definition) is 0. The Bertz CT molecular complexity index is 1210. The van der Waals surface area contributed by atoms with E-state index in [1.54, 1.807) is 0 Å². The molecule has 1 aromatic heterocycles. The molecule has 1 atom stereocenters. The minimum absolute atomic E-state index is 0.342. The van der Waals surface area contributed by atoms with E-state index in [0.29, 0.717) is 48.1 Å². The van der Waals surface area contributed by atoms with Crippen LogP contribution >= 0.6 is 0 Å². The minimum Gasteiger partial charge on any atom is -0.288 e. The molecule has 0 radical (unpaired) electrons. The standard InChI is InChI=1S/C25H24F3N5/c1-4-9-20-24-31-30-22(16-32(3)14-5-2)33(24)21-13-12-18(25(26,27)28)15-19(21)23(29-20)17-10-7-6-8-11-17/h2,6-8,10-13,15,20H,4,9,14,16H2,1,3H3. The number of aliphatic imine (C=N–C) groups is 1. The maximum absolute atomic E-state index is 13.7. The van der Waals surface area contributed by atoms with Crippen LogP contribution in [0.2, 0.25) is 0 Å². The van der Waals surface area contributed by atoms with E-state index in [1.165, 1.54) is 12.1 Å². The lowest BCUT2D eigenvalue weighted by molar-refractivity contribution is -0.137. The second kappa shape index (κ2) is 9.20. The molecule has 0 saturated carbocycles. The number of hydrogen-bond acceptors (Lipinski definition) is 4. The predicted molar refractivity (Wildman–Crippen MR) is 121 cm³/mol. The largest absolute Gasteiger partial charge is 0.416 e. The Morgan fingerprint density at radius 3 is 2.55 bits per heavy atom. The summed E-state index contributed by atoms with van der Waals surface area (Å²) in [6.07, 6.45) is 2.49. The van der Waals surface area contributed by atoms with Crippen molar-refractivity contribution >= 4 is 5.71 Å². The number of fused-ring (bicyclic) bond motifs is 3. The van der Waals surface area contributed by atoms with Crippen molar-refractivity contribution in [1.82, 2.24) is 19.7 Å². The predicted octanol–water partition coefficient (Wildman–Crippen LogP) is 5.04. The zero-order valence-electron chi connectivity index (χ0n) is 18.5. The molecule has 0 spiro atoms. The molecule has 33 heavy (non-hydrogen) atoms. The Labute approximate surface area is 191 Å². The molecule has 1 unspecified atom stereocenters. The molecular weight excluding hydrogens is 427 g/mol. The number of alkyl halides is 3. The lowest BCUT2D eigenvalue weighted by atomic mass is 9.98. The van der Waals surface area contributed by atoms with Gasteiger partial charge in [0.2, 0.25) is 0 Å². The maximum Gasteiger partial charge on any atom is 0.416 e. The van der Waals surface area contributed by atoms with Gasteiger partial charge in [0.05, 0.1) is 30.1 Å².